The van der Waals surface area contributed by atoms with Crippen molar-refractivity contribution in [3.8, 4) is 33.6 Å². The molecule has 0 aliphatic carbocycles. The van der Waals surface area contributed by atoms with Gasteiger partial charge in [-0.15, -0.1) is 0 Å². The third kappa shape index (κ3) is 11.0. The molecule has 6 atom stereocenters. The normalized spacial score (nSPS) is 14.9. The maximum atomic E-state index is 13.3. The van der Waals surface area contributed by atoms with Gasteiger partial charge in [-0.2, -0.15) is 4.89 Å². The van der Waals surface area contributed by atoms with Gasteiger partial charge in [0.05, 0.1) is 62.3 Å². The number of H-pyrrole nitrogens is 2. The second-order valence-electron chi connectivity index (χ2n) is 13.9. The fourth-order valence-corrected chi connectivity index (χ4v) is 5.93. The van der Waals surface area contributed by atoms with Crippen LogP contribution in [0.25, 0.3) is 33.6 Å². The minimum atomic E-state index is -0.967. The molecule has 0 aliphatic heterocycles. The van der Waals surface area contributed by atoms with Crippen molar-refractivity contribution in [3.63, 3.8) is 0 Å². The van der Waals surface area contributed by atoms with Crippen LogP contribution in [0.15, 0.2) is 65.9 Å². The lowest BCUT2D eigenvalue weighted by atomic mass is 10.0. The fourth-order valence-electron chi connectivity index (χ4n) is 5.93. The van der Waals surface area contributed by atoms with Gasteiger partial charge >= 0.3 is 6.09 Å². The number of imidazole rings is 2. The van der Waals surface area contributed by atoms with Gasteiger partial charge in [0.15, 0.2) is 6.04 Å². The molecule has 4 rings (SSSR count). The zero-order valence-corrected chi connectivity index (χ0v) is 33.6. The van der Waals surface area contributed by atoms with Crippen molar-refractivity contribution in [1.29, 1.82) is 0 Å². The molecule has 302 valence electrons. The number of nitrogens with one attached hydrogen (secondary N) is 5. The minimum Gasteiger partial charge on any atom is -0.453 e. The number of hydrogen-bond donors (Lipinski definition) is 5. The van der Waals surface area contributed by atoms with E-state index in [1.807, 2.05) is 76.2 Å². The molecule has 2 heterocycles. The van der Waals surface area contributed by atoms with Crippen molar-refractivity contribution in [2.45, 2.75) is 77.9 Å². The number of methoxy groups -OCH3 is 3. The van der Waals surface area contributed by atoms with E-state index in [9.17, 15) is 14.4 Å². The summed E-state index contributed by atoms with van der Waals surface area (Å²) in [6.45, 7) is 11.4. The van der Waals surface area contributed by atoms with Crippen molar-refractivity contribution in [2.75, 3.05) is 28.4 Å². The van der Waals surface area contributed by atoms with Gasteiger partial charge in [0.1, 0.15) is 17.7 Å². The molecular formula is C40H54N8O8. The quantitative estimate of drug-likeness (QED) is 0.0349. The van der Waals surface area contributed by atoms with Crippen LogP contribution in [0.3, 0.4) is 0 Å². The number of amides is 3. The van der Waals surface area contributed by atoms with E-state index in [1.165, 1.54) is 28.4 Å². The number of hydrogen-bond acceptors (Lipinski definition) is 11. The Hall–Kier alpha value is -5.58. The zero-order chi connectivity index (χ0) is 40.9. The predicted molar refractivity (Wildman–Crippen MR) is 211 cm³/mol. The summed E-state index contributed by atoms with van der Waals surface area (Å²) in [5, 5.41) is 8.60. The van der Waals surface area contributed by atoms with E-state index < -0.39 is 48.4 Å². The topological polar surface area (TPSA) is 203 Å². The van der Waals surface area contributed by atoms with Crippen LogP contribution in [0.1, 0.15) is 65.3 Å². The van der Waals surface area contributed by atoms with Crippen LogP contribution in [0, 0.1) is 11.8 Å². The molecule has 16 heteroatoms. The molecular weight excluding hydrogens is 720 g/mol. The average molecular weight is 775 g/mol. The molecule has 16 nitrogen and oxygen atoms in total. The first kappa shape index (κ1) is 43.2. The molecule has 4 aromatic rings. The molecule has 2 aromatic carbocycles. The molecule has 0 aliphatic rings. The van der Waals surface area contributed by atoms with Gasteiger partial charge in [0.2, 0.25) is 18.2 Å². The van der Waals surface area contributed by atoms with Crippen LogP contribution < -0.4 is 16.0 Å². The molecule has 3 amide bonds. The zero-order valence-electron chi connectivity index (χ0n) is 33.6. The lowest BCUT2D eigenvalue weighted by molar-refractivity contribution is -0.188. The van der Waals surface area contributed by atoms with Crippen molar-refractivity contribution >= 4 is 24.3 Å². The summed E-state index contributed by atoms with van der Waals surface area (Å²) in [4.78, 5) is 67.8. The Bertz CT molecular complexity index is 1890. The van der Waals surface area contributed by atoms with E-state index in [2.05, 4.69) is 45.8 Å². The molecule has 0 saturated heterocycles. The summed E-state index contributed by atoms with van der Waals surface area (Å²) in [6.07, 6.45) is 2.73. The van der Waals surface area contributed by atoms with Gasteiger partial charge in [0.25, 0.3) is 0 Å². The standard InChI is InChI=1S/C40H54N8O8/c1-22(2)32(46-38(49)34(24(5)52-7)43-21-56-55-10)36-41-19-30(44-36)28-15-11-26(12-16-28)27-13-17-29(18-14-27)31-20-42-37(45-31)33(23(3)4)47-39(50)35(25(6)53-8)48-40(51)54-9/h11-25,32-35H,1-10H3,(H,41,44)(H,42,45)(H,46,49)(H,47,50)(H,48,51)/t24-,25?,32+,33+,34+,35+/m1/s1. The average Bonchev–Trinajstić information content (AvgIpc) is 3.90. The highest BCUT2D eigenvalue weighted by Gasteiger charge is 2.32. The molecule has 0 fully saturated rings. The van der Waals surface area contributed by atoms with Crippen LogP contribution >= 0.6 is 0 Å². The van der Waals surface area contributed by atoms with Gasteiger partial charge in [0, 0.05) is 14.2 Å². The maximum absolute atomic E-state index is 13.3. The summed E-state index contributed by atoms with van der Waals surface area (Å²) in [5.41, 5.74) is 5.51. The SMILES string of the molecule is COOC=N[C@H](C(=O)N[C@H](c1ncc(-c2ccc(-c3ccc(-c4cnc([C@@H](NC(=O)[C@@H](NC(=O)OC)C(C)OC)C(C)C)[nH]4)cc3)cc2)[nH]1)C(C)C)[C@@H](C)OC. The summed E-state index contributed by atoms with van der Waals surface area (Å²) in [6, 6.07) is 13.5. The number of carbonyl (C=O) groups excluding carboxylic acids is 3. The molecule has 56 heavy (non-hydrogen) atoms. The Labute approximate surface area is 327 Å². The number of ether oxygens (including phenoxy) is 3. The van der Waals surface area contributed by atoms with Gasteiger partial charge in [-0.05, 0) is 47.9 Å². The minimum absolute atomic E-state index is 0.0176. The highest BCUT2D eigenvalue weighted by Crippen LogP contribution is 2.29. The highest BCUT2D eigenvalue weighted by atomic mass is 17.2. The van der Waals surface area contributed by atoms with E-state index in [-0.39, 0.29) is 17.7 Å². The van der Waals surface area contributed by atoms with E-state index in [4.69, 9.17) is 19.1 Å². The van der Waals surface area contributed by atoms with Crippen LogP contribution in [-0.4, -0.2) is 97.0 Å². The van der Waals surface area contributed by atoms with E-state index >= 15 is 0 Å². The van der Waals surface area contributed by atoms with Crippen molar-refractivity contribution in [3.05, 3.63) is 72.6 Å². The lowest BCUT2D eigenvalue weighted by Crippen LogP contribution is -2.54. The van der Waals surface area contributed by atoms with Gasteiger partial charge in [-0.3, -0.25) is 9.59 Å². The number of alkyl carbamates (subject to hydrolysis) is 1. The first-order chi connectivity index (χ1) is 26.8. The molecule has 0 radical (unpaired) electrons. The third-order valence-electron chi connectivity index (χ3n) is 9.46. The van der Waals surface area contributed by atoms with Gasteiger partial charge in [-0.1, -0.05) is 76.2 Å². The van der Waals surface area contributed by atoms with Crippen LogP contribution in [0.5, 0.6) is 0 Å². The molecule has 0 spiro atoms. The summed E-state index contributed by atoms with van der Waals surface area (Å²) < 4.78 is 15.4. The van der Waals surface area contributed by atoms with Crippen molar-refractivity contribution in [2.24, 2.45) is 16.8 Å². The van der Waals surface area contributed by atoms with Crippen LogP contribution in [-0.2, 0) is 33.6 Å². The summed E-state index contributed by atoms with van der Waals surface area (Å²) in [5.74, 6) is 0.449. The monoisotopic (exact) mass is 774 g/mol. The largest absolute Gasteiger partial charge is 0.453 e. The first-order valence-electron chi connectivity index (χ1n) is 18.3. The fraction of sp³-hybridized carbons (Fsp3) is 0.450. The second kappa shape index (κ2) is 20.4. The number of carbonyl (C=O) groups is 3. The number of aromatic nitrogens is 4. The third-order valence-corrected chi connectivity index (χ3v) is 9.46. The Kier molecular flexibility index (Phi) is 15.7. The Morgan fingerprint density at radius 1 is 0.643 bits per heavy atom. The van der Waals surface area contributed by atoms with Crippen LogP contribution in [0.2, 0.25) is 0 Å². The summed E-state index contributed by atoms with van der Waals surface area (Å²) in [7, 11) is 5.56. The second-order valence-corrected chi connectivity index (χ2v) is 13.9. The molecule has 5 N–H and O–H groups in total. The number of aliphatic imine (C=N–C) groups is 1. The molecule has 0 saturated carbocycles. The molecule has 2 aromatic heterocycles. The smallest absolute Gasteiger partial charge is 0.407 e. The maximum Gasteiger partial charge on any atom is 0.407 e. The predicted octanol–water partition coefficient (Wildman–Crippen LogP) is 5.53. The van der Waals surface area contributed by atoms with Gasteiger partial charge in [-0.25, -0.2) is 19.8 Å². The Morgan fingerprint density at radius 3 is 1.50 bits per heavy atom. The highest BCUT2D eigenvalue weighted by molar-refractivity contribution is 5.86. The Morgan fingerprint density at radius 2 is 1.09 bits per heavy atom. The van der Waals surface area contributed by atoms with E-state index in [0.29, 0.717) is 11.6 Å². The van der Waals surface area contributed by atoms with E-state index in [0.717, 1.165) is 40.0 Å². The first-order valence-corrected chi connectivity index (χ1v) is 18.3. The lowest BCUT2D eigenvalue weighted by Gasteiger charge is -2.27. The number of benzene rings is 2. The van der Waals surface area contributed by atoms with Gasteiger partial charge < -0.3 is 45.0 Å². The Balaban J connectivity index is 1.45. The van der Waals surface area contributed by atoms with Crippen molar-refractivity contribution < 1.29 is 38.4 Å². The molecule has 0 bridgehead atoms. The molecule has 1 unspecified atom stereocenters. The van der Waals surface area contributed by atoms with E-state index in [1.54, 1.807) is 26.2 Å². The summed E-state index contributed by atoms with van der Waals surface area (Å²) >= 11 is 0. The number of nitrogens with zero attached hydrogens (tertiary/aromatic N) is 3. The number of aromatic amines is 2. The van der Waals surface area contributed by atoms with Crippen molar-refractivity contribution in [1.82, 2.24) is 35.9 Å². The van der Waals surface area contributed by atoms with Crippen LogP contribution in [0.4, 0.5) is 4.79 Å². The number of rotatable bonds is 19.